The molecule has 0 spiro atoms. The van der Waals surface area contributed by atoms with Gasteiger partial charge in [-0.1, -0.05) is 0 Å². The third kappa shape index (κ3) is 3.87. The normalized spacial score (nSPS) is 17.9. The zero-order valence-electron chi connectivity index (χ0n) is 12.3. The summed E-state index contributed by atoms with van der Waals surface area (Å²) in [5, 5.41) is 4.16. The van der Waals surface area contributed by atoms with Gasteiger partial charge in [0.15, 0.2) is 0 Å². The van der Waals surface area contributed by atoms with E-state index in [4.69, 9.17) is 9.47 Å². The maximum absolute atomic E-state index is 12.8. The number of halogens is 2. The Bertz CT molecular complexity index is 515. The molecule has 0 aliphatic carbocycles. The molecule has 2 heterocycles. The van der Waals surface area contributed by atoms with Crippen molar-refractivity contribution >= 4 is 22.0 Å². The number of aromatic nitrogens is 2. The largest absolute Gasteiger partial charge is 0.475 e. The summed E-state index contributed by atoms with van der Waals surface area (Å²) in [5.41, 5.74) is -0.624. The molecule has 118 valence electrons. The average molecular weight is 364 g/mol. The summed E-state index contributed by atoms with van der Waals surface area (Å²) in [6, 6.07) is -0.310. The van der Waals surface area contributed by atoms with Gasteiger partial charge in [-0.2, -0.15) is 5.10 Å². The van der Waals surface area contributed by atoms with Crippen LogP contribution in [0.3, 0.4) is 0 Å². The Hall–Kier alpha value is -1.31. The molecule has 1 amide bonds. The molecule has 0 bridgehead atoms. The van der Waals surface area contributed by atoms with E-state index in [0.29, 0.717) is 12.4 Å². The maximum atomic E-state index is 12.8. The quantitative estimate of drug-likeness (QED) is 0.828. The Morgan fingerprint density at radius 2 is 2.38 bits per heavy atom. The van der Waals surface area contributed by atoms with Crippen molar-refractivity contribution in [1.29, 1.82) is 0 Å². The second-order valence-electron chi connectivity index (χ2n) is 5.81. The smallest absolute Gasteiger partial charge is 0.410 e. The van der Waals surface area contributed by atoms with Gasteiger partial charge in [0.05, 0.1) is 29.8 Å². The molecule has 6 nitrogen and oxygen atoms in total. The first-order chi connectivity index (χ1) is 9.81. The van der Waals surface area contributed by atoms with Gasteiger partial charge in [-0.3, -0.25) is 4.90 Å². The SMILES string of the molecule is CC(C)(C)OC(=O)N(CCF)[C@@H]1COc2c(Br)cnn2C1. The third-order valence-electron chi connectivity index (χ3n) is 2.94. The lowest BCUT2D eigenvalue weighted by atomic mass is 10.2. The summed E-state index contributed by atoms with van der Waals surface area (Å²) in [5.74, 6) is 0.621. The molecule has 0 aromatic carbocycles. The number of carbonyl (C=O) groups excluding carboxylic acids is 1. The molecule has 0 fully saturated rings. The fourth-order valence-corrected chi connectivity index (χ4v) is 2.49. The summed E-state index contributed by atoms with van der Waals surface area (Å²) in [7, 11) is 0. The van der Waals surface area contributed by atoms with E-state index >= 15 is 0 Å². The van der Waals surface area contributed by atoms with Crippen molar-refractivity contribution < 1.29 is 18.7 Å². The minimum atomic E-state index is -0.634. The predicted molar refractivity (Wildman–Crippen MR) is 78.1 cm³/mol. The van der Waals surface area contributed by atoms with Crippen LogP contribution in [0.25, 0.3) is 0 Å². The molecule has 0 saturated heterocycles. The topological polar surface area (TPSA) is 56.6 Å². The van der Waals surface area contributed by atoms with Crippen LogP contribution in [0.5, 0.6) is 5.88 Å². The van der Waals surface area contributed by atoms with E-state index < -0.39 is 18.4 Å². The molecule has 1 aliphatic rings. The number of carbonyl (C=O) groups is 1. The minimum absolute atomic E-state index is 0.0271. The highest BCUT2D eigenvalue weighted by molar-refractivity contribution is 9.10. The first kappa shape index (κ1) is 16.1. The van der Waals surface area contributed by atoms with E-state index in [-0.39, 0.29) is 19.2 Å². The van der Waals surface area contributed by atoms with Gasteiger partial charge < -0.3 is 9.47 Å². The number of alkyl halides is 1. The zero-order valence-corrected chi connectivity index (χ0v) is 13.9. The van der Waals surface area contributed by atoms with Crippen molar-refractivity contribution in [2.24, 2.45) is 0 Å². The Labute approximate surface area is 131 Å². The van der Waals surface area contributed by atoms with Crippen molar-refractivity contribution in [3.05, 3.63) is 10.7 Å². The Balaban J connectivity index is 2.11. The van der Waals surface area contributed by atoms with Gasteiger partial charge in [0.1, 0.15) is 18.9 Å². The number of fused-ring (bicyclic) bond motifs is 1. The number of rotatable bonds is 3. The third-order valence-corrected chi connectivity index (χ3v) is 3.48. The Morgan fingerprint density at radius 3 is 3.00 bits per heavy atom. The molecule has 0 unspecified atom stereocenters. The lowest BCUT2D eigenvalue weighted by molar-refractivity contribution is 0.00135. The first-order valence-electron chi connectivity index (χ1n) is 6.71. The van der Waals surface area contributed by atoms with Crippen LogP contribution in [0.4, 0.5) is 9.18 Å². The van der Waals surface area contributed by atoms with Gasteiger partial charge >= 0.3 is 6.09 Å². The lowest BCUT2D eigenvalue weighted by Gasteiger charge is -2.35. The van der Waals surface area contributed by atoms with Crippen LogP contribution in [0.2, 0.25) is 0 Å². The second kappa shape index (κ2) is 6.21. The van der Waals surface area contributed by atoms with E-state index in [1.54, 1.807) is 31.6 Å². The lowest BCUT2D eigenvalue weighted by Crippen LogP contribution is -2.50. The molecule has 1 aromatic rings. The van der Waals surface area contributed by atoms with Crippen LogP contribution in [0, 0.1) is 0 Å². The maximum Gasteiger partial charge on any atom is 0.410 e. The van der Waals surface area contributed by atoms with Crippen LogP contribution in [-0.4, -0.2) is 52.2 Å². The van der Waals surface area contributed by atoms with Gasteiger partial charge in [-0.15, -0.1) is 0 Å². The molecule has 1 aliphatic heterocycles. The second-order valence-corrected chi connectivity index (χ2v) is 6.66. The van der Waals surface area contributed by atoms with Crippen LogP contribution in [-0.2, 0) is 11.3 Å². The molecule has 2 rings (SSSR count). The summed E-state index contributed by atoms with van der Waals surface area (Å²) < 4.78 is 26.1. The van der Waals surface area contributed by atoms with Crippen LogP contribution in [0.1, 0.15) is 20.8 Å². The predicted octanol–water partition coefficient (Wildman–Crippen LogP) is 2.61. The van der Waals surface area contributed by atoms with Crippen molar-refractivity contribution in [2.45, 2.75) is 39.0 Å². The number of nitrogens with zero attached hydrogens (tertiary/aromatic N) is 3. The Morgan fingerprint density at radius 1 is 1.67 bits per heavy atom. The van der Waals surface area contributed by atoms with Crippen molar-refractivity contribution in [3.63, 3.8) is 0 Å². The molecule has 0 saturated carbocycles. The molecular formula is C13H19BrFN3O3. The van der Waals surface area contributed by atoms with Crippen LogP contribution in [0.15, 0.2) is 10.7 Å². The average Bonchev–Trinajstić information content (AvgIpc) is 2.75. The molecule has 0 radical (unpaired) electrons. The molecular weight excluding hydrogens is 345 g/mol. The minimum Gasteiger partial charge on any atom is -0.475 e. The summed E-state index contributed by atoms with van der Waals surface area (Å²) in [4.78, 5) is 13.6. The summed E-state index contributed by atoms with van der Waals surface area (Å²) in [6.45, 7) is 5.39. The van der Waals surface area contributed by atoms with Gasteiger partial charge in [0.2, 0.25) is 5.88 Å². The number of ether oxygens (including phenoxy) is 2. The van der Waals surface area contributed by atoms with E-state index in [0.717, 1.165) is 4.47 Å². The molecule has 8 heteroatoms. The molecule has 0 N–H and O–H groups in total. The summed E-state index contributed by atoms with van der Waals surface area (Å²) >= 11 is 3.33. The number of hydrogen-bond acceptors (Lipinski definition) is 4. The molecule has 21 heavy (non-hydrogen) atoms. The number of hydrogen-bond donors (Lipinski definition) is 0. The van der Waals surface area contributed by atoms with Crippen molar-refractivity contribution in [2.75, 3.05) is 19.8 Å². The standard InChI is InChI=1S/C13H19BrFN3O3/c1-13(2,3)21-12(19)17(5-4-15)9-7-18-11(20-8-9)10(14)6-16-18/h6,9H,4-5,7-8H2,1-3H3/t9-/m0/s1. The van der Waals surface area contributed by atoms with E-state index in [2.05, 4.69) is 21.0 Å². The van der Waals surface area contributed by atoms with Crippen molar-refractivity contribution in [3.8, 4) is 5.88 Å². The van der Waals surface area contributed by atoms with Gasteiger partial charge in [0, 0.05) is 0 Å². The highest BCUT2D eigenvalue weighted by atomic mass is 79.9. The molecule has 1 atom stereocenters. The zero-order chi connectivity index (χ0) is 15.6. The van der Waals surface area contributed by atoms with Gasteiger partial charge in [-0.25, -0.2) is 13.9 Å². The van der Waals surface area contributed by atoms with E-state index in [1.807, 2.05) is 0 Å². The van der Waals surface area contributed by atoms with Gasteiger partial charge in [-0.05, 0) is 36.7 Å². The highest BCUT2D eigenvalue weighted by Crippen LogP contribution is 2.28. The van der Waals surface area contributed by atoms with Crippen LogP contribution >= 0.6 is 15.9 Å². The van der Waals surface area contributed by atoms with Crippen LogP contribution < -0.4 is 4.74 Å². The van der Waals surface area contributed by atoms with Crippen molar-refractivity contribution in [1.82, 2.24) is 14.7 Å². The molecule has 1 aromatic heterocycles. The van der Waals surface area contributed by atoms with Gasteiger partial charge in [0.25, 0.3) is 0 Å². The first-order valence-corrected chi connectivity index (χ1v) is 7.51. The number of amides is 1. The van der Waals surface area contributed by atoms with E-state index in [1.165, 1.54) is 4.90 Å². The fourth-order valence-electron chi connectivity index (χ4n) is 2.08. The van der Waals surface area contributed by atoms with E-state index in [9.17, 15) is 9.18 Å². The highest BCUT2D eigenvalue weighted by Gasteiger charge is 2.32. The Kier molecular flexibility index (Phi) is 4.75. The fraction of sp³-hybridized carbons (Fsp3) is 0.692. The monoisotopic (exact) mass is 363 g/mol. The summed E-state index contributed by atoms with van der Waals surface area (Å²) in [6.07, 6.45) is 1.09.